The summed E-state index contributed by atoms with van der Waals surface area (Å²) in [5.74, 6) is 0.375. The Morgan fingerprint density at radius 1 is 1.50 bits per heavy atom. The van der Waals surface area contributed by atoms with Gasteiger partial charge in [0.15, 0.2) is 0 Å². The van der Waals surface area contributed by atoms with Crippen LogP contribution in [0, 0.1) is 5.92 Å². The van der Waals surface area contributed by atoms with Crippen molar-refractivity contribution in [1.82, 2.24) is 19.2 Å². The summed E-state index contributed by atoms with van der Waals surface area (Å²) in [5.41, 5.74) is 1.03. The van der Waals surface area contributed by atoms with Gasteiger partial charge in [-0.25, -0.2) is 17.7 Å². The highest BCUT2D eigenvalue weighted by Gasteiger charge is 2.25. The van der Waals surface area contributed by atoms with E-state index < -0.39 is 10.0 Å². The van der Waals surface area contributed by atoms with Crippen molar-refractivity contribution in [1.29, 1.82) is 0 Å². The molecule has 0 aromatic carbocycles. The first-order valence-electron chi connectivity index (χ1n) is 7.15. The molecule has 0 radical (unpaired) electrons. The summed E-state index contributed by atoms with van der Waals surface area (Å²) in [6.07, 6.45) is 7.19. The zero-order valence-electron chi connectivity index (χ0n) is 12.2. The molecule has 2 rings (SSSR count). The number of hydrogen-bond donors (Lipinski definition) is 1. The van der Waals surface area contributed by atoms with Gasteiger partial charge in [0, 0.05) is 32.4 Å². The predicted octanol–water partition coefficient (Wildman–Crippen LogP) is 0.664. The first-order valence-corrected chi connectivity index (χ1v) is 9.00. The fourth-order valence-electron chi connectivity index (χ4n) is 2.63. The lowest BCUT2D eigenvalue weighted by Crippen LogP contribution is -2.40. The molecule has 1 aromatic heterocycles. The Bertz CT molecular complexity index is 526. The van der Waals surface area contributed by atoms with Gasteiger partial charge in [0.05, 0.1) is 18.3 Å². The normalized spacial score (nSPS) is 21.2. The molecule has 1 atom stereocenters. The summed E-state index contributed by atoms with van der Waals surface area (Å²) in [7, 11) is -3.06. The van der Waals surface area contributed by atoms with Crippen LogP contribution in [0.3, 0.4) is 0 Å². The summed E-state index contributed by atoms with van der Waals surface area (Å²) in [6, 6.07) is 0. The minimum atomic E-state index is -3.06. The lowest BCUT2D eigenvalue weighted by molar-refractivity contribution is 0.246. The van der Waals surface area contributed by atoms with Crippen LogP contribution >= 0.6 is 0 Å². The molecule has 0 saturated carbocycles. The molecule has 1 fully saturated rings. The molecule has 0 spiro atoms. The molecule has 1 unspecified atom stereocenters. The number of nitrogens with zero attached hydrogens (tertiary/aromatic N) is 3. The van der Waals surface area contributed by atoms with Crippen molar-refractivity contribution in [3.05, 3.63) is 18.2 Å². The van der Waals surface area contributed by atoms with E-state index in [-0.39, 0.29) is 0 Å². The maximum absolute atomic E-state index is 11.6. The molecule has 20 heavy (non-hydrogen) atoms. The monoisotopic (exact) mass is 300 g/mol. The van der Waals surface area contributed by atoms with Gasteiger partial charge in [0.25, 0.3) is 0 Å². The van der Waals surface area contributed by atoms with E-state index in [0.717, 1.165) is 38.2 Å². The molecule has 0 amide bonds. The first kappa shape index (κ1) is 15.5. The average molecular weight is 300 g/mol. The van der Waals surface area contributed by atoms with E-state index in [2.05, 4.69) is 21.8 Å². The lowest BCUT2D eigenvalue weighted by atomic mass is 10.00. The number of sulfonamides is 1. The minimum Gasteiger partial charge on any atom is -0.337 e. The van der Waals surface area contributed by atoms with Crippen molar-refractivity contribution >= 4 is 10.0 Å². The van der Waals surface area contributed by atoms with Crippen LogP contribution in [0.5, 0.6) is 0 Å². The van der Waals surface area contributed by atoms with Crippen LogP contribution in [0.25, 0.3) is 0 Å². The van der Waals surface area contributed by atoms with Crippen LogP contribution in [0.1, 0.15) is 25.5 Å². The lowest BCUT2D eigenvalue weighted by Gasteiger charge is -2.31. The predicted molar refractivity (Wildman–Crippen MR) is 78.7 cm³/mol. The highest BCUT2D eigenvalue weighted by atomic mass is 32.2. The van der Waals surface area contributed by atoms with Crippen LogP contribution in [0.15, 0.2) is 12.5 Å². The third kappa shape index (κ3) is 4.29. The Morgan fingerprint density at radius 2 is 2.30 bits per heavy atom. The second-order valence-corrected chi connectivity index (χ2v) is 7.45. The smallest absolute Gasteiger partial charge is 0.211 e. The molecular weight excluding hydrogens is 276 g/mol. The third-order valence-electron chi connectivity index (χ3n) is 3.66. The Morgan fingerprint density at radius 3 is 3.00 bits per heavy atom. The van der Waals surface area contributed by atoms with Crippen LogP contribution in [-0.4, -0.2) is 48.2 Å². The number of hydrogen-bond acceptors (Lipinski definition) is 4. The molecule has 1 saturated heterocycles. The number of nitrogens with one attached hydrogen (secondary N) is 1. The maximum atomic E-state index is 11.6. The molecule has 0 aliphatic carbocycles. The fourth-order valence-corrected chi connectivity index (χ4v) is 3.57. The van der Waals surface area contributed by atoms with Gasteiger partial charge in [-0.15, -0.1) is 0 Å². The van der Waals surface area contributed by atoms with E-state index in [1.165, 1.54) is 6.26 Å². The van der Waals surface area contributed by atoms with Gasteiger partial charge >= 0.3 is 0 Å². The van der Waals surface area contributed by atoms with Gasteiger partial charge < -0.3 is 9.88 Å². The van der Waals surface area contributed by atoms with E-state index in [0.29, 0.717) is 19.0 Å². The second-order valence-electron chi connectivity index (χ2n) is 5.47. The summed E-state index contributed by atoms with van der Waals surface area (Å²) >= 11 is 0. The van der Waals surface area contributed by atoms with Crippen LogP contribution in [0.4, 0.5) is 0 Å². The zero-order valence-corrected chi connectivity index (χ0v) is 13.1. The van der Waals surface area contributed by atoms with E-state index in [1.54, 1.807) is 4.31 Å². The Balaban J connectivity index is 1.91. The summed E-state index contributed by atoms with van der Waals surface area (Å²) in [5, 5.41) is 3.25. The van der Waals surface area contributed by atoms with Crippen molar-refractivity contribution in [3.63, 3.8) is 0 Å². The molecule has 2 heterocycles. The summed E-state index contributed by atoms with van der Waals surface area (Å²) in [4.78, 5) is 4.36. The van der Waals surface area contributed by atoms with Gasteiger partial charge in [0.2, 0.25) is 10.0 Å². The highest BCUT2D eigenvalue weighted by Crippen LogP contribution is 2.20. The number of imidazole rings is 1. The highest BCUT2D eigenvalue weighted by molar-refractivity contribution is 7.88. The van der Waals surface area contributed by atoms with E-state index in [1.807, 2.05) is 12.5 Å². The van der Waals surface area contributed by atoms with E-state index in [4.69, 9.17) is 0 Å². The molecule has 1 aromatic rings. The average Bonchev–Trinajstić information content (AvgIpc) is 2.83. The fraction of sp³-hybridized carbons (Fsp3) is 0.769. The van der Waals surface area contributed by atoms with Gasteiger partial charge in [0.1, 0.15) is 0 Å². The first-order chi connectivity index (χ1) is 9.49. The molecule has 114 valence electrons. The standard InChI is InChI=1S/C13H24N4O2S/c1-3-14-7-13-10-16(11-15-13)8-12-5-4-6-17(9-12)20(2,18)19/h10-12,14H,3-9H2,1-2H3. The van der Waals surface area contributed by atoms with Crippen molar-refractivity contribution in [2.24, 2.45) is 5.92 Å². The maximum Gasteiger partial charge on any atom is 0.211 e. The van der Waals surface area contributed by atoms with E-state index in [9.17, 15) is 8.42 Å². The van der Waals surface area contributed by atoms with Crippen molar-refractivity contribution < 1.29 is 8.42 Å². The molecule has 1 aliphatic rings. The van der Waals surface area contributed by atoms with E-state index >= 15 is 0 Å². The third-order valence-corrected chi connectivity index (χ3v) is 4.93. The number of rotatable bonds is 6. The summed E-state index contributed by atoms with van der Waals surface area (Å²) in [6.45, 7) is 5.90. The quantitative estimate of drug-likeness (QED) is 0.838. The second kappa shape index (κ2) is 6.69. The summed E-state index contributed by atoms with van der Waals surface area (Å²) < 4.78 is 26.9. The van der Waals surface area contributed by atoms with Crippen molar-refractivity contribution in [2.75, 3.05) is 25.9 Å². The minimum absolute atomic E-state index is 0.375. The van der Waals surface area contributed by atoms with Crippen LogP contribution in [-0.2, 0) is 23.1 Å². The van der Waals surface area contributed by atoms with Crippen molar-refractivity contribution in [3.8, 4) is 0 Å². The Labute approximate surface area is 121 Å². The topological polar surface area (TPSA) is 67.2 Å². The molecule has 7 heteroatoms. The van der Waals surface area contributed by atoms with Crippen molar-refractivity contribution in [2.45, 2.75) is 32.9 Å². The Kier molecular flexibility index (Phi) is 5.17. The largest absolute Gasteiger partial charge is 0.337 e. The molecule has 6 nitrogen and oxygen atoms in total. The number of aromatic nitrogens is 2. The van der Waals surface area contributed by atoms with Gasteiger partial charge in [-0.2, -0.15) is 0 Å². The molecule has 1 aliphatic heterocycles. The number of piperidine rings is 1. The van der Waals surface area contributed by atoms with Crippen LogP contribution < -0.4 is 5.32 Å². The van der Waals surface area contributed by atoms with Gasteiger partial charge in [-0.05, 0) is 25.3 Å². The molecule has 0 bridgehead atoms. The van der Waals surface area contributed by atoms with Gasteiger partial charge in [-0.3, -0.25) is 0 Å². The SMILES string of the molecule is CCNCc1cn(CC2CCCN(S(C)(=O)=O)C2)cn1. The van der Waals surface area contributed by atoms with Crippen LogP contribution in [0.2, 0.25) is 0 Å². The molecule has 1 N–H and O–H groups in total. The molecular formula is C13H24N4O2S. The Hall–Kier alpha value is -0.920. The zero-order chi connectivity index (χ0) is 14.6. The van der Waals surface area contributed by atoms with Gasteiger partial charge in [-0.1, -0.05) is 6.92 Å².